The zero-order valence-electron chi connectivity index (χ0n) is 18.9. The third-order valence-corrected chi connectivity index (χ3v) is 6.69. The number of hydrogen-bond acceptors (Lipinski definition) is 7. The molecule has 1 aromatic carbocycles. The van der Waals surface area contributed by atoms with E-state index in [1.807, 2.05) is 48.5 Å². The fraction of sp³-hybridized carbons (Fsp3) is 0.185. The number of aromatic nitrogens is 1. The number of nitriles is 1. The Morgan fingerprint density at radius 2 is 2.11 bits per heavy atom. The number of fused-ring (bicyclic) bond motifs is 2. The van der Waals surface area contributed by atoms with Crippen molar-refractivity contribution in [3.63, 3.8) is 0 Å². The van der Waals surface area contributed by atoms with Crippen molar-refractivity contribution in [3.8, 4) is 6.07 Å². The highest BCUT2D eigenvalue weighted by Crippen LogP contribution is 2.38. The van der Waals surface area contributed by atoms with Gasteiger partial charge in [-0.3, -0.25) is 4.79 Å². The number of rotatable bonds is 5. The SMILES string of the molecule is CC1C/C(=C\c2ccco2)c2nc3ccccc3c(C(=O)OCC(=O)Nc3sccc3C#N)c2C1. The Labute approximate surface area is 205 Å². The van der Waals surface area contributed by atoms with Crippen LogP contribution in [0.5, 0.6) is 0 Å². The Morgan fingerprint density at radius 3 is 2.91 bits per heavy atom. The maximum absolute atomic E-state index is 13.4. The first-order valence-electron chi connectivity index (χ1n) is 11.1. The van der Waals surface area contributed by atoms with Crippen molar-refractivity contribution in [1.82, 2.24) is 4.98 Å². The van der Waals surface area contributed by atoms with Crippen LogP contribution in [0, 0.1) is 17.2 Å². The fourth-order valence-electron chi connectivity index (χ4n) is 4.37. The van der Waals surface area contributed by atoms with Crippen molar-refractivity contribution in [2.75, 3.05) is 11.9 Å². The van der Waals surface area contributed by atoms with Crippen LogP contribution in [0.25, 0.3) is 22.6 Å². The molecule has 0 saturated carbocycles. The van der Waals surface area contributed by atoms with Crippen molar-refractivity contribution >= 4 is 50.8 Å². The summed E-state index contributed by atoms with van der Waals surface area (Å²) >= 11 is 1.24. The molecule has 1 atom stereocenters. The number of furan rings is 1. The molecule has 3 heterocycles. The Hall–Kier alpha value is -4.22. The lowest BCUT2D eigenvalue weighted by molar-refractivity contribution is -0.119. The van der Waals surface area contributed by atoms with Gasteiger partial charge in [-0.1, -0.05) is 25.1 Å². The molecule has 5 rings (SSSR count). The molecule has 3 aromatic heterocycles. The highest BCUT2D eigenvalue weighted by atomic mass is 32.1. The summed E-state index contributed by atoms with van der Waals surface area (Å²) in [4.78, 5) is 30.7. The summed E-state index contributed by atoms with van der Waals surface area (Å²) in [6, 6.07) is 14.8. The number of hydrogen-bond donors (Lipinski definition) is 1. The largest absolute Gasteiger partial charge is 0.465 e. The van der Waals surface area contributed by atoms with Gasteiger partial charge in [-0.15, -0.1) is 11.3 Å². The molecule has 0 bridgehead atoms. The molecule has 0 aliphatic heterocycles. The first kappa shape index (κ1) is 22.6. The van der Waals surface area contributed by atoms with Gasteiger partial charge in [-0.05, 0) is 65.6 Å². The van der Waals surface area contributed by atoms with Gasteiger partial charge in [-0.25, -0.2) is 9.78 Å². The Balaban J connectivity index is 1.49. The van der Waals surface area contributed by atoms with Crippen molar-refractivity contribution in [2.45, 2.75) is 19.8 Å². The number of carbonyl (C=O) groups is 2. The van der Waals surface area contributed by atoms with E-state index in [1.165, 1.54) is 11.3 Å². The number of amides is 1. The molecule has 1 N–H and O–H groups in total. The predicted octanol–water partition coefficient (Wildman–Crippen LogP) is 5.68. The van der Waals surface area contributed by atoms with Gasteiger partial charge < -0.3 is 14.5 Å². The molecular weight excluding hydrogens is 462 g/mol. The highest BCUT2D eigenvalue weighted by molar-refractivity contribution is 7.14. The van der Waals surface area contributed by atoms with Gasteiger partial charge in [0.1, 0.15) is 16.8 Å². The molecule has 174 valence electrons. The highest BCUT2D eigenvalue weighted by Gasteiger charge is 2.29. The minimum absolute atomic E-state index is 0.282. The molecule has 0 spiro atoms. The number of anilines is 1. The quantitative estimate of drug-likeness (QED) is 0.366. The number of nitrogens with one attached hydrogen (secondary N) is 1. The average molecular weight is 484 g/mol. The summed E-state index contributed by atoms with van der Waals surface area (Å²) in [5.74, 6) is -0.0738. The number of esters is 1. The molecule has 1 aliphatic carbocycles. The Kier molecular flexibility index (Phi) is 6.17. The van der Waals surface area contributed by atoms with Crippen LogP contribution in [0.2, 0.25) is 0 Å². The second kappa shape index (κ2) is 9.57. The van der Waals surface area contributed by atoms with Gasteiger partial charge in [0, 0.05) is 5.39 Å². The number of allylic oxidation sites excluding steroid dienone is 1. The molecule has 0 saturated heterocycles. The lowest BCUT2D eigenvalue weighted by Crippen LogP contribution is -2.23. The number of carbonyl (C=O) groups excluding carboxylic acids is 2. The van der Waals surface area contributed by atoms with Crippen molar-refractivity contribution in [1.29, 1.82) is 5.26 Å². The fourth-order valence-corrected chi connectivity index (χ4v) is 5.13. The van der Waals surface area contributed by atoms with E-state index >= 15 is 0 Å². The second-order valence-corrected chi connectivity index (χ2v) is 9.35. The molecule has 0 fully saturated rings. The predicted molar refractivity (Wildman–Crippen MR) is 134 cm³/mol. The number of nitrogens with zero attached hydrogens (tertiary/aromatic N) is 2. The zero-order valence-corrected chi connectivity index (χ0v) is 19.7. The topological polar surface area (TPSA) is 105 Å². The number of thiophene rings is 1. The van der Waals surface area contributed by atoms with Crippen LogP contribution in [0.4, 0.5) is 5.00 Å². The third-order valence-electron chi connectivity index (χ3n) is 5.86. The lowest BCUT2D eigenvalue weighted by atomic mass is 9.81. The minimum atomic E-state index is -0.576. The smallest absolute Gasteiger partial charge is 0.339 e. The summed E-state index contributed by atoms with van der Waals surface area (Å²) in [6.07, 6.45) is 5.06. The lowest BCUT2D eigenvalue weighted by Gasteiger charge is -2.26. The molecule has 1 aliphatic rings. The summed E-state index contributed by atoms with van der Waals surface area (Å²) in [5.41, 5.74) is 4.05. The van der Waals surface area contributed by atoms with E-state index in [1.54, 1.807) is 17.7 Å². The maximum Gasteiger partial charge on any atom is 0.339 e. The van der Waals surface area contributed by atoms with Crippen LogP contribution in [0.1, 0.15) is 46.3 Å². The molecule has 35 heavy (non-hydrogen) atoms. The first-order chi connectivity index (χ1) is 17.0. The summed E-state index contributed by atoms with van der Waals surface area (Å²) in [7, 11) is 0. The van der Waals surface area contributed by atoms with E-state index in [0.717, 1.165) is 29.0 Å². The van der Waals surface area contributed by atoms with Gasteiger partial charge in [0.2, 0.25) is 0 Å². The first-order valence-corrected chi connectivity index (χ1v) is 12.0. The third kappa shape index (κ3) is 4.59. The summed E-state index contributed by atoms with van der Waals surface area (Å²) < 4.78 is 11.0. The minimum Gasteiger partial charge on any atom is -0.465 e. The molecular formula is C27H21N3O4S. The van der Waals surface area contributed by atoms with Gasteiger partial charge in [-0.2, -0.15) is 5.26 Å². The van der Waals surface area contributed by atoms with E-state index in [4.69, 9.17) is 19.4 Å². The molecule has 4 aromatic rings. The molecule has 0 radical (unpaired) electrons. The van der Waals surface area contributed by atoms with Crippen molar-refractivity contribution < 1.29 is 18.7 Å². The number of para-hydroxylation sites is 1. The van der Waals surface area contributed by atoms with E-state index < -0.39 is 18.5 Å². The van der Waals surface area contributed by atoms with E-state index in [0.29, 0.717) is 33.5 Å². The molecule has 7 nitrogen and oxygen atoms in total. The molecule has 1 amide bonds. The van der Waals surface area contributed by atoms with Crippen LogP contribution in [-0.2, 0) is 16.0 Å². The van der Waals surface area contributed by atoms with E-state index in [-0.39, 0.29) is 5.92 Å². The maximum atomic E-state index is 13.4. The average Bonchev–Trinajstić information content (AvgIpc) is 3.53. The number of ether oxygens (including phenoxy) is 1. The van der Waals surface area contributed by atoms with Gasteiger partial charge in [0.05, 0.1) is 28.6 Å². The van der Waals surface area contributed by atoms with Crippen LogP contribution in [0.3, 0.4) is 0 Å². The summed E-state index contributed by atoms with van der Waals surface area (Å²) in [5, 5.41) is 14.6. The van der Waals surface area contributed by atoms with Crippen LogP contribution >= 0.6 is 11.3 Å². The number of benzene rings is 1. The number of pyridine rings is 1. The molecule has 8 heteroatoms. The molecule has 1 unspecified atom stereocenters. The standard InChI is InChI=1S/C27H21N3O4S/c1-16-11-18(13-19-5-4-9-33-19)25-21(12-16)24(20-6-2-3-7-22(20)29-25)27(32)34-15-23(31)30-26-17(14-28)8-10-35-26/h2-10,13,16H,11-12,15H2,1H3,(H,30,31)/b18-13+. The van der Waals surface area contributed by atoms with Gasteiger partial charge in [0.25, 0.3) is 5.91 Å². The van der Waals surface area contributed by atoms with Crippen LogP contribution < -0.4 is 5.32 Å². The normalized spacial score (nSPS) is 16.0. The monoisotopic (exact) mass is 483 g/mol. The second-order valence-electron chi connectivity index (χ2n) is 8.43. The Morgan fingerprint density at radius 1 is 1.26 bits per heavy atom. The Bertz CT molecular complexity index is 1490. The van der Waals surface area contributed by atoms with E-state index in [9.17, 15) is 9.59 Å². The van der Waals surface area contributed by atoms with Crippen LogP contribution in [-0.4, -0.2) is 23.5 Å². The van der Waals surface area contributed by atoms with E-state index in [2.05, 4.69) is 12.2 Å². The van der Waals surface area contributed by atoms with Gasteiger partial charge >= 0.3 is 5.97 Å². The van der Waals surface area contributed by atoms with Crippen molar-refractivity contribution in [3.05, 3.63) is 82.3 Å². The van der Waals surface area contributed by atoms with Crippen molar-refractivity contribution in [2.24, 2.45) is 5.92 Å². The van der Waals surface area contributed by atoms with Gasteiger partial charge in [0.15, 0.2) is 6.61 Å². The summed E-state index contributed by atoms with van der Waals surface area (Å²) in [6.45, 7) is 1.67. The van der Waals surface area contributed by atoms with Crippen LogP contribution in [0.15, 0.2) is 58.5 Å². The zero-order chi connectivity index (χ0) is 24.4.